The maximum Gasteiger partial charge on any atom is 0.244 e. The Labute approximate surface area is 110 Å². The third-order valence-electron chi connectivity index (χ3n) is 2.90. The van der Waals surface area contributed by atoms with Crippen LogP contribution >= 0.6 is 0 Å². The lowest BCUT2D eigenvalue weighted by Gasteiger charge is -2.13. The van der Waals surface area contributed by atoms with Crippen molar-refractivity contribution < 1.29 is 14.4 Å². The monoisotopic (exact) mass is 261 g/mol. The number of amides is 3. The van der Waals surface area contributed by atoms with Crippen LogP contribution in [0.25, 0.3) is 0 Å². The van der Waals surface area contributed by atoms with Crippen LogP contribution in [0.15, 0.2) is 24.3 Å². The summed E-state index contributed by atoms with van der Waals surface area (Å²) in [5.41, 5.74) is 7.01. The molecule has 3 N–H and O–H groups in total. The molecule has 0 unspecified atom stereocenters. The summed E-state index contributed by atoms with van der Waals surface area (Å²) in [6.07, 6.45) is 0.379. The van der Waals surface area contributed by atoms with Crippen LogP contribution in [0.2, 0.25) is 0 Å². The van der Waals surface area contributed by atoms with Gasteiger partial charge in [0, 0.05) is 25.1 Å². The predicted molar refractivity (Wildman–Crippen MR) is 68.9 cm³/mol. The molecule has 2 rings (SSSR count). The van der Waals surface area contributed by atoms with Crippen molar-refractivity contribution in [2.45, 2.75) is 19.4 Å². The lowest BCUT2D eigenvalue weighted by molar-refractivity contribution is -0.141. The molecule has 1 aliphatic heterocycles. The molecule has 0 aliphatic carbocycles. The van der Waals surface area contributed by atoms with E-state index in [2.05, 4.69) is 5.32 Å². The van der Waals surface area contributed by atoms with Crippen molar-refractivity contribution in [1.29, 1.82) is 0 Å². The Hall–Kier alpha value is -2.21. The highest BCUT2D eigenvalue weighted by atomic mass is 16.2. The molecule has 100 valence electrons. The molecule has 6 heteroatoms. The topological polar surface area (TPSA) is 92.5 Å². The van der Waals surface area contributed by atoms with Crippen LogP contribution in [-0.4, -0.2) is 29.2 Å². The molecule has 6 nitrogen and oxygen atoms in total. The highest BCUT2D eigenvalue weighted by molar-refractivity contribution is 6.06. The summed E-state index contributed by atoms with van der Waals surface area (Å²) < 4.78 is 0. The molecular formula is C13H15N3O3. The number of rotatable bonds is 4. The highest BCUT2D eigenvalue weighted by Crippen LogP contribution is 2.13. The fourth-order valence-corrected chi connectivity index (χ4v) is 1.92. The van der Waals surface area contributed by atoms with Gasteiger partial charge in [0.05, 0.1) is 0 Å². The Morgan fingerprint density at radius 2 is 1.95 bits per heavy atom. The van der Waals surface area contributed by atoms with Gasteiger partial charge in [-0.1, -0.05) is 12.1 Å². The van der Waals surface area contributed by atoms with Crippen molar-refractivity contribution in [2.24, 2.45) is 5.73 Å². The van der Waals surface area contributed by atoms with Gasteiger partial charge >= 0.3 is 0 Å². The quantitative estimate of drug-likeness (QED) is 0.759. The first-order valence-corrected chi connectivity index (χ1v) is 6.02. The standard InChI is InChI=1S/C13H15N3O3/c14-7-9-2-1-3-10(6-9)15-11(17)8-16-12(18)4-5-13(16)19/h1-3,6H,4-5,7-8,14H2,(H,15,17). The summed E-state index contributed by atoms with van der Waals surface area (Å²) in [5.74, 6) is -0.982. The first kappa shape index (κ1) is 13.2. The molecule has 1 aliphatic rings. The Morgan fingerprint density at radius 3 is 2.58 bits per heavy atom. The lowest BCUT2D eigenvalue weighted by atomic mass is 10.2. The minimum atomic E-state index is -0.391. The predicted octanol–water partition coefficient (Wildman–Crippen LogP) is 0.233. The molecule has 0 spiro atoms. The Balaban J connectivity index is 1.97. The second kappa shape index (κ2) is 5.62. The van der Waals surface area contributed by atoms with Gasteiger partial charge in [-0.15, -0.1) is 0 Å². The maximum absolute atomic E-state index is 11.8. The Morgan fingerprint density at radius 1 is 1.26 bits per heavy atom. The Bertz CT molecular complexity index is 512. The number of anilines is 1. The van der Waals surface area contributed by atoms with Gasteiger partial charge < -0.3 is 11.1 Å². The molecule has 1 aromatic carbocycles. The van der Waals surface area contributed by atoms with E-state index < -0.39 is 5.91 Å². The summed E-state index contributed by atoms with van der Waals surface area (Å²) >= 11 is 0. The zero-order chi connectivity index (χ0) is 13.8. The number of carbonyl (C=O) groups is 3. The molecule has 1 heterocycles. The van der Waals surface area contributed by atoms with Crippen molar-refractivity contribution in [3.8, 4) is 0 Å². The number of hydrogen-bond donors (Lipinski definition) is 2. The summed E-state index contributed by atoms with van der Waals surface area (Å²) in [5, 5.41) is 2.64. The van der Waals surface area contributed by atoms with Gasteiger partial charge in [0.25, 0.3) is 0 Å². The van der Waals surface area contributed by atoms with E-state index in [0.29, 0.717) is 12.2 Å². The van der Waals surface area contributed by atoms with Crippen LogP contribution in [0.3, 0.4) is 0 Å². The van der Waals surface area contributed by atoms with Crippen LogP contribution in [0.1, 0.15) is 18.4 Å². The SMILES string of the molecule is NCc1cccc(NC(=O)CN2C(=O)CCC2=O)c1. The Kier molecular flexibility index (Phi) is 3.91. The van der Waals surface area contributed by atoms with Crippen molar-refractivity contribution in [3.05, 3.63) is 29.8 Å². The van der Waals surface area contributed by atoms with Crippen molar-refractivity contribution in [2.75, 3.05) is 11.9 Å². The molecule has 19 heavy (non-hydrogen) atoms. The molecular weight excluding hydrogens is 246 g/mol. The number of imide groups is 1. The third-order valence-corrected chi connectivity index (χ3v) is 2.90. The highest BCUT2D eigenvalue weighted by Gasteiger charge is 2.30. The van der Waals surface area contributed by atoms with Crippen LogP contribution < -0.4 is 11.1 Å². The van der Waals surface area contributed by atoms with Crippen LogP contribution in [0, 0.1) is 0 Å². The number of nitrogens with zero attached hydrogens (tertiary/aromatic N) is 1. The van der Waals surface area contributed by atoms with Gasteiger partial charge in [0.15, 0.2) is 0 Å². The van der Waals surface area contributed by atoms with E-state index in [1.54, 1.807) is 18.2 Å². The van der Waals surface area contributed by atoms with E-state index in [1.165, 1.54) is 0 Å². The zero-order valence-electron chi connectivity index (χ0n) is 10.4. The summed E-state index contributed by atoms with van der Waals surface area (Å²) in [6, 6.07) is 7.11. The largest absolute Gasteiger partial charge is 0.326 e. The number of carbonyl (C=O) groups excluding carboxylic acids is 3. The number of nitrogens with one attached hydrogen (secondary N) is 1. The molecule has 0 saturated carbocycles. The minimum Gasteiger partial charge on any atom is -0.326 e. The van der Waals surface area contributed by atoms with Crippen LogP contribution in [0.4, 0.5) is 5.69 Å². The normalized spacial score (nSPS) is 14.9. The summed E-state index contributed by atoms with van der Waals surface area (Å²) in [6.45, 7) is 0.150. The van der Waals surface area contributed by atoms with Gasteiger partial charge in [0.2, 0.25) is 17.7 Å². The van der Waals surface area contributed by atoms with Crippen LogP contribution in [0.5, 0.6) is 0 Å². The maximum atomic E-state index is 11.8. The van der Waals surface area contributed by atoms with Gasteiger partial charge in [0.1, 0.15) is 6.54 Å². The summed E-state index contributed by atoms with van der Waals surface area (Å²) in [4.78, 5) is 35.5. The molecule has 3 amide bonds. The number of nitrogens with two attached hydrogens (primary N) is 1. The lowest BCUT2D eigenvalue weighted by Crippen LogP contribution is -2.36. The van der Waals surface area contributed by atoms with Crippen LogP contribution in [-0.2, 0) is 20.9 Å². The smallest absolute Gasteiger partial charge is 0.244 e. The van der Waals surface area contributed by atoms with Gasteiger partial charge in [-0.2, -0.15) is 0 Å². The van der Waals surface area contributed by atoms with Gasteiger partial charge in [-0.3, -0.25) is 19.3 Å². The molecule has 0 bridgehead atoms. The average molecular weight is 261 g/mol. The van der Waals surface area contributed by atoms with E-state index in [9.17, 15) is 14.4 Å². The number of benzene rings is 1. The fraction of sp³-hybridized carbons (Fsp3) is 0.308. The first-order chi connectivity index (χ1) is 9.10. The molecule has 1 aromatic rings. The molecule has 0 aromatic heterocycles. The van der Waals surface area contributed by atoms with E-state index in [0.717, 1.165) is 10.5 Å². The van der Waals surface area contributed by atoms with Gasteiger partial charge in [-0.05, 0) is 17.7 Å². The number of hydrogen-bond acceptors (Lipinski definition) is 4. The minimum absolute atomic E-state index is 0.189. The third kappa shape index (κ3) is 3.17. The molecule has 0 atom stereocenters. The van der Waals surface area contributed by atoms with E-state index in [-0.39, 0.29) is 31.2 Å². The summed E-state index contributed by atoms with van der Waals surface area (Å²) in [7, 11) is 0. The molecule has 1 fully saturated rings. The van der Waals surface area contributed by atoms with Crippen molar-refractivity contribution >= 4 is 23.4 Å². The molecule has 1 saturated heterocycles. The fourth-order valence-electron chi connectivity index (χ4n) is 1.92. The second-order valence-electron chi connectivity index (χ2n) is 4.33. The van der Waals surface area contributed by atoms with Gasteiger partial charge in [-0.25, -0.2) is 0 Å². The van der Waals surface area contributed by atoms with Crippen molar-refractivity contribution in [1.82, 2.24) is 4.90 Å². The zero-order valence-corrected chi connectivity index (χ0v) is 10.4. The molecule has 0 radical (unpaired) electrons. The van der Waals surface area contributed by atoms with E-state index in [4.69, 9.17) is 5.73 Å². The van der Waals surface area contributed by atoms with E-state index >= 15 is 0 Å². The average Bonchev–Trinajstić information content (AvgIpc) is 2.71. The van der Waals surface area contributed by atoms with Crippen molar-refractivity contribution in [3.63, 3.8) is 0 Å². The first-order valence-electron chi connectivity index (χ1n) is 6.02. The second-order valence-corrected chi connectivity index (χ2v) is 4.33. The number of likely N-dealkylation sites (tertiary alicyclic amines) is 1. The van der Waals surface area contributed by atoms with E-state index in [1.807, 2.05) is 6.07 Å².